The van der Waals surface area contributed by atoms with Crippen LogP contribution in [0.4, 0.5) is 0 Å². The zero-order valence-corrected chi connectivity index (χ0v) is 14.3. The van der Waals surface area contributed by atoms with Crippen LogP contribution in [0, 0.1) is 0 Å². The molecule has 2 aromatic carbocycles. The Bertz CT molecular complexity index is 759. The Morgan fingerprint density at radius 1 is 1.04 bits per heavy atom. The van der Waals surface area contributed by atoms with Crippen LogP contribution in [0.1, 0.15) is 6.92 Å². The summed E-state index contributed by atoms with van der Waals surface area (Å²) in [6, 6.07) is 19.8. The van der Waals surface area contributed by atoms with E-state index in [9.17, 15) is 4.79 Å². The Morgan fingerprint density at radius 2 is 1.62 bits per heavy atom. The Kier molecular flexibility index (Phi) is 5.01. The highest BCUT2D eigenvalue weighted by Gasteiger charge is 2.21. The Balaban J connectivity index is 2.02. The monoisotopic (exact) mass is 338 g/mol. The number of aromatic nitrogens is 1. The third-order valence-electron chi connectivity index (χ3n) is 3.58. The number of benzene rings is 2. The second-order valence-electron chi connectivity index (χ2n) is 5.26. The van der Waals surface area contributed by atoms with Gasteiger partial charge in [0.1, 0.15) is 5.69 Å². The summed E-state index contributed by atoms with van der Waals surface area (Å²) in [4.78, 5) is 16.4. The Morgan fingerprint density at radius 3 is 2.21 bits per heavy atom. The van der Waals surface area contributed by atoms with E-state index in [-0.39, 0.29) is 11.2 Å². The molecule has 0 spiro atoms. The van der Waals surface area contributed by atoms with E-state index in [1.165, 1.54) is 11.8 Å². The van der Waals surface area contributed by atoms with Gasteiger partial charge >= 0.3 is 0 Å². The van der Waals surface area contributed by atoms with E-state index in [0.717, 1.165) is 16.8 Å². The molecule has 1 amide bonds. The summed E-state index contributed by atoms with van der Waals surface area (Å²) in [5.41, 5.74) is 2.73. The smallest absolute Gasteiger partial charge is 0.257 e. The predicted octanol–water partition coefficient (Wildman–Crippen LogP) is 4.24. The van der Waals surface area contributed by atoms with Crippen molar-refractivity contribution in [3.8, 4) is 22.6 Å². The summed E-state index contributed by atoms with van der Waals surface area (Å²) in [6.45, 7) is 1.83. The molecule has 3 aromatic rings. The minimum absolute atomic E-state index is 0.0549. The lowest BCUT2D eigenvalue weighted by Crippen LogP contribution is -2.27. The van der Waals surface area contributed by atoms with Gasteiger partial charge in [-0.2, -0.15) is 0 Å². The van der Waals surface area contributed by atoms with Crippen LogP contribution in [0.2, 0.25) is 0 Å². The van der Waals surface area contributed by atoms with Crippen molar-refractivity contribution in [3.63, 3.8) is 0 Å². The second kappa shape index (κ2) is 7.36. The van der Waals surface area contributed by atoms with E-state index in [4.69, 9.17) is 4.42 Å². The summed E-state index contributed by atoms with van der Waals surface area (Å²) in [5.74, 6) is 0.661. The molecule has 24 heavy (non-hydrogen) atoms. The van der Waals surface area contributed by atoms with Crippen molar-refractivity contribution in [2.45, 2.75) is 17.4 Å². The van der Waals surface area contributed by atoms with Crippen LogP contribution in [0.3, 0.4) is 0 Å². The zero-order chi connectivity index (χ0) is 16.9. The van der Waals surface area contributed by atoms with Crippen LogP contribution in [0.5, 0.6) is 0 Å². The average molecular weight is 338 g/mol. The number of oxazole rings is 1. The van der Waals surface area contributed by atoms with E-state index >= 15 is 0 Å². The van der Waals surface area contributed by atoms with Crippen LogP contribution in [-0.2, 0) is 4.79 Å². The van der Waals surface area contributed by atoms with Crippen molar-refractivity contribution >= 4 is 17.7 Å². The third kappa shape index (κ3) is 3.51. The normalized spacial score (nSPS) is 11.9. The highest BCUT2D eigenvalue weighted by molar-refractivity contribution is 8.00. The summed E-state index contributed by atoms with van der Waals surface area (Å²) < 4.78 is 5.99. The first-order valence-electron chi connectivity index (χ1n) is 7.69. The summed E-state index contributed by atoms with van der Waals surface area (Å²) >= 11 is 1.31. The van der Waals surface area contributed by atoms with E-state index in [1.807, 2.05) is 67.6 Å². The molecule has 0 saturated heterocycles. The van der Waals surface area contributed by atoms with Gasteiger partial charge in [-0.25, -0.2) is 4.98 Å². The van der Waals surface area contributed by atoms with Crippen LogP contribution in [0.25, 0.3) is 22.6 Å². The predicted molar refractivity (Wildman–Crippen MR) is 96.8 cm³/mol. The van der Waals surface area contributed by atoms with Gasteiger partial charge in [-0.05, 0) is 6.92 Å². The molecule has 0 aliphatic carbocycles. The Hall–Kier alpha value is -2.53. The maximum absolute atomic E-state index is 11.7. The largest absolute Gasteiger partial charge is 0.431 e. The quantitative estimate of drug-likeness (QED) is 0.707. The van der Waals surface area contributed by atoms with E-state index in [1.54, 1.807) is 7.05 Å². The van der Waals surface area contributed by atoms with Crippen molar-refractivity contribution in [1.29, 1.82) is 0 Å². The minimum Gasteiger partial charge on any atom is -0.431 e. The van der Waals surface area contributed by atoms with Gasteiger partial charge in [0.15, 0.2) is 5.76 Å². The number of hydrogen-bond acceptors (Lipinski definition) is 4. The minimum atomic E-state index is -0.277. The standard InChI is InChI=1S/C19H18N2O2S/c1-13(18(22)20-2)24-19-21-16(14-9-5-3-6-10-14)17(23-19)15-11-7-4-8-12-15/h3-13H,1-2H3,(H,20,22). The third-order valence-corrected chi connectivity index (χ3v) is 4.53. The number of amides is 1. The van der Waals surface area contributed by atoms with Gasteiger partial charge in [-0.3, -0.25) is 4.79 Å². The van der Waals surface area contributed by atoms with Crippen molar-refractivity contribution in [2.24, 2.45) is 0 Å². The molecule has 5 heteroatoms. The first-order chi connectivity index (χ1) is 11.7. The fraction of sp³-hybridized carbons (Fsp3) is 0.158. The SMILES string of the molecule is CNC(=O)C(C)Sc1nc(-c2ccccc2)c(-c2ccccc2)o1. The fourth-order valence-corrected chi connectivity index (χ4v) is 3.14. The van der Waals surface area contributed by atoms with Crippen molar-refractivity contribution < 1.29 is 9.21 Å². The van der Waals surface area contributed by atoms with Crippen molar-refractivity contribution in [1.82, 2.24) is 10.3 Å². The van der Waals surface area contributed by atoms with Gasteiger partial charge in [-0.15, -0.1) is 0 Å². The molecule has 1 unspecified atom stereocenters. The molecule has 0 radical (unpaired) electrons. The number of carbonyl (C=O) groups is 1. The maximum Gasteiger partial charge on any atom is 0.257 e. The molecule has 1 atom stereocenters. The molecule has 3 rings (SSSR count). The first kappa shape index (κ1) is 16.3. The number of nitrogens with one attached hydrogen (secondary N) is 1. The molecule has 1 aromatic heterocycles. The number of carbonyl (C=O) groups excluding carboxylic acids is 1. The topological polar surface area (TPSA) is 55.1 Å². The van der Waals surface area contributed by atoms with E-state index in [0.29, 0.717) is 11.0 Å². The molecule has 122 valence electrons. The lowest BCUT2D eigenvalue weighted by atomic mass is 10.1. The first-order valence-corrected chi connectivity index (χ1v) is 8.57. The lowest BCUT2D eigenvalue weighted by Gasteiger charge is -2.05. The van der Waals surface area contributed by atoms with Gasteiger partial charge in [0.05, 0.1) is 5.25 Å². The number of nitrogens with zero attached hydrogens (tertiary/aromatic N) is 1. The van der Waals surface area contributed by atoms with Gasteiger partial charge in [-0.1, -0.05) is 72.4 Å². The molecule has 4 nitrogen and oxygen atoms in total. The molecule has 0 aliphatic heterocycles. The van der Waals surface area contributed by atoms with E-state index < -0.39 is 0 Å². The molecule has 0 bridgehead atoms. The second-order valence-corrected chi connectivity index (χ2v) is 6.56. The van der Waals surface area contributed by atoms with Gasteiger partial charge < -0.3 is 9.73 Å². The lowest BCUT2D eigenvalue weighted by molar-refractivity contribution is -0.119. The Labute approximate surface area is 145 Å². The number of hydrogen-bond donors (Lipinski definition) is 1. The molecule has 1 N–H and O–H groups in total. The molecular formula is C19H18N2O2S. The molecule has 0 saturated carbocycles. The molecule has 0 fully saturated rings. The van der Waals surface area contributed by atoms with Crippen LogP contribution in [0.15, 0.2) is 70.3 Å². The zero-order valence-electron chi connectivity index (χ0n) is 13.5. The van der Waals surface area contributed by atoms with Crippen molar-refractivity contribution in [3.05, 3.63) is 60.7 Å². The molecule has 0 aliphatic rings. The number of thioether (sulfide) groups is 1. The summed E-state index contributed by atoms with van der Waals surface area (Å²) in [5, 5.41) is 2.85. The molecule has 1 heterocycles. The molecular weight excluding hydrogens is 320 g/mol. The van der Waals surface area contributed by atoms with Gasteiger partial charge in [0.25, 0.3) is 5.22 Å². The van der Waals surface area contributed by atoms with Gasteiger partial charge in [0.2, 0.25) is 5.91 Å². The highest BCUT2D eigenvalue weighted by Crippen LogP contribution is 2.36. The van der Waals surface area contributed by atoms with Crippen LogP contribution >= 0.6 is 11.8 Å². The number of rotatable bonds is 5. The van der Waals surface area contributed by atoms with Crippen molar-refractivity contribution in [2.75, 3.05) is 7.05 Å². The highest BCUT2D eigenvalue weighted by atomic mass is 32.2. The average Bonchev–Trinajstić information content (AvgIpc) is 3.06. The summed E-state index contributed by atoms with van der Waals surface area (Å²) in [7, 11) is 1.62. The van der Waals surface area contributed by atoms with E-state index in [2.05, 4.69) is 10.3 Å². The van der Waals surface area contributed by atoms with Crippen LogP contribution in [-0.4, -0.2) is 23.2 Å². The fourth-order valence-electron chi connectivity index (χ4n) is 2.34. The van der Waals surface area contributed by atoms with Gasteiger partial charge in [0, 0.05) is 18.2 Å². The summed E-state index contributed by atoms with van der Waals surface area (Å²) in [6.07, 6.45) is 0. The van der Waals surface area contributed by atoms with Crippen LogP contribution < -0.4 is 5.32 Å². The maximum atomic E-state index is 11.7.